The third kappa shape index (κ3) is 4.25. The largest absolute Gasteiger partial charge is 0.352 e. The van der Waals surface area contributed by atoms with Gasteiger partial charge in [0.05, 0.1) is 28.4 Å². The Labute approximate surface area is 199 Å². The van der Waals surface area contributed by atoms with Crippen molar-refractivity contribution in [1.82, 2.24) is 25.3 Å². The molecule has 7 nitrogen and oxygen atoms in total. The van der Waals surface area contributed by atoms with Crippen LogP contribution in [0.2, 0.25) is 0 Å². The molecule has 0 unspecified atom stereocenters. The van der Waals surface area contributed by atoms with Crippen LogP contribution in [0.4, 0.5) is 5.82 Å². The van der Waals surface area contributed by atoms with Crippen molar-refractivity contribution in [3.05, 3.63) is 77.1 Å². The van der Waals surface area contributed by atoms with E-state index in [1.54, 1.807) is 0 Å². The van der Waals surface area contributed by atoms with Crippen molar-refractivity contribution >= 4 is 22.6 Å². The predicted molar refractivity (Wildman–Crippen MR) is 134 cm³/mol. The van der Waals surface area contributed by atoms with Gasteiger partial charge in [-0.3, -0.25) is 4.79 Å². The maximum Gasteiger partial charge on any atom is 0.225 e. The number of piperidine rings is 1. The summed E-state index contributed by atoms with van der Waals surface area (Å²) in [5, 5.41) is 18.1. The van der Waals surface area contributed by atoms with E-state index in [0.29, 0.717) is 13.1 Å². The number of aryl methyl sites for hydroxylation is 3. The first-order valence-electron chi connectivity index (χ1n) is 11.9. The molecule has 0 spiro atoms. The monoisotopic (exact) mass is 454 g/mol. The summed E-state index contributed by atoms with van der Waals surface area (Å²) in [6, 6.07) is 18.4. The fraction of sp³-hybridized carbons (Fsp3) is 0.333. The van der Waals surface area contributed by atoms with Crippen molar-refractivity contribution in [2.75, 3.05) is 18.0 Å². The number of carbonyl (C=O) groups excluding carboxylic acids is 1. The summed E-state index contributed by atoms with van der Waals surface area (Å²) in [6.07, 6.45) is 1.80. The smallest absolute Gasteiger partial charge is 0.225 e. The molecule has 1 fully saturated rings. The Morgan fingerprint density at radius 3 is 2.56 bits per heavy atom. The molecule has 3 heterocycles. The first-order chi connectivity index (χ1) is 16.5. The summed E-state index contributed by atoms with van der Waals surface area (Å²) in [5.74, 6) is 0.761. The number of para-hydroxylation sites is 1. The van der Waals surface area contributed by atoms with E-state index >= 15 is 0 Å². The number of carbonyl (C=O) groups is 1. The molecule has 5 rings (SSSR count). The maximum atomic E-state index is 13.0. The fourth-order valence-electron chi connectivity index (χ4n) is 4.77. The van der Waals surface area contributed by atoms with Gasteiger partial charge >= 0.3 is 0 Å². The minimum atomic E-state index is -0.0883. The van der Waals surface area contributed by atoms with E-state index in [1.165, 1.54) is 5.56 Å². The Balaban J connectivity index is 1.38. The zero-order valence-corrected chi connectivity index (χ0v) is 20.0. The van der Waals surface area contributed by atoms with Gasteiger partial charge < -0.3 is 10.2 Å². The van der Waals surface area contributed by atoms with E-state index < -0.39 is 0 Å². The lowest BCUT2D eigenvalue weighted by molar-refractivity contribution is -0.125. The van der Waals surface area contributed by atoms with Crippen LogP contribution in [0.15, 0.2) is 54.6 Å². The Morgan fingerprint density at radius 1 is 1.03 bits per heavy atom. The Hall–Kier alpha value is -3.74. The molecule has 34 heavy (non-hydrogen) atoms. The van der Waals surface area contributed by atoms with Crippen LogP contribution >= 0.6 is 0 Å². The number of hydrogen-bond acceptors (Lipinski definition) is 5. The van der Waals surface area contributed by atoms with E-state index in [4.69, 9.17) is 5.10 Å². The normalized spacial score (nSPS) is 16.1. The van der Waals surface area contributed by atoms with E-state index in [2.05, 4.69) is 58.5 Å². The average molecular weight is 455 g/mol. The molecule has 0 saturated carbocycles. The molecule has 1 aliphatic rings. The number of rotatable bonds is 5. The van der Waals surface area contributed by atoms with Crippen LogP contribution in [-0.2, 0) is 11.3 Å². The number of hydrogen-bond donors (Lipinski definition) is 1. The second kappa shape index (κ2) is 9.25. The molecule has 0 radical (unpaired) electrons. The number of amides is 1. The molecule has 4 aromatic rings. The second-order valence-corrected chi connectivity index (χ2v) is 9.15. The Bertz CT molecular complexity index is 1310. The van der Waals surface area contributed by atoms with Crippen molar-refractivity contribution in [2.24, 2.45) is 5.92 Å². The van der Waals surface area contributed by atoms with Crippen LogP contribution in [0.1, 0.15) is 35.4 Å². The maximum absolute atomic E-state index is 13.0. The number of aromatic nitrogens is 4. The highest BCUT2D eigenvalue weighted by atomic mass is 16.1. The minimum Gasteiger partial charge on any atom is -0.352 e. The average Bonchev–Trinajstić information content (AvgIpc) is 3.22. The van der Waals surface area contributed by atoms with Gasteiger partial charge in [0.15, 0.2) is 5.82 Å². The van der Waals surface area contributed by atoms with E-state index in [1.807, 2.05) is 41.9 Å². The lowest BCUT2D eigenvalue weighted by Crippen LogP contribution is -2.43. The van der Waals surface area contributed by atoms with Crippen molar-refractivity contribution in [1.29, 1.82) is 0 Å². The summed E-state index contributed by atoms with van der Waals surface area (Å²) in [5.41, 5.74) is 6.08. The van der Waals surface area contributed by atoms with Crippen molar-refractivity contribution < 1.29 is 4.79 Å². The van der Waals surface area contributed by atoms with Crippen LogP contribution in [0, 0.1) is 26.7 Å². The van der Waals surface area contributed by atoms with Crippen LogP contribution in [0.5, 0.6) is 0 Å². The van der Waals surface area contributed by atoms with Crippen LogP contribution in [0.3, 0.4) is 0 Å². The zero-order valence-electron chi connectivity index (χ0n) is 20.0. The molecule has 1 atom stereocenters. The number of benzene rings is 2. The Kier molecular flexibility index (Phi) is 6.01. The quantitative estimate of drug-likeness (QED) is 0.487. The highest BCUT2D eigenvalue weighted by molar-refractivity contribution is 5.92. The predicted octanol–water partition coefficient (Wildman–Crippen LogP) is 4.27. The molecule has 1 amide bonds. The molecule has 0 bridgehead atoms. The van der Waals surface area contributed by atoms with E-state index in [0.717, 1.165) is 58.7 Å². The van der Waals surface area contributed by atoms with Gasteiger partial charge in [-0.15, -0.1) is 5.10 Å². The fourth-order valence-corrected chi connectivity index (χ4v) is 4.77. The second-order valence-electron chi connectivity index (χ2n) is 9.15. The third-order valence-corrected chi connectivity index (χ3v) is 6.66. The molecule has 174 valence electrons. The minimum absolute atomic E-state index is 0.0883. The van der Waals surface area contributed by atoms with Gasteiger partial charge in [0, 0.05) is 19.6 Å². The highest BCUT2D eigenvalue weighted by Crippen LogP contribution is 2.31. The van der Waals surface area contributed by atoms with Crippen molar-refractivity contribution in [3.63, 3.8) is 0 Å². The molecule has 1 saturated heterocycles. The van der Waals surface area contributed by atoms with Gasteiger partial charge in [0.2, 0.25) is 5.91 Å². The summed E-state index contributed by atoms with van der Waals surface area (Å²) < 4.78 is 1.96. The van der Waals surface area contributed by atoms with Gasteiger partial charge in [-0.1, -0.05) is 48.0 Å². The first kappa shape index (κ1) is 22.1. The van der Waals surface area contributed by atoms with E-state index in [-0.39, 0.29) is 11.8 Å². The molecule has 1 N–H and O–H groups in total. The molecule has 0 aliphatic carbocycles. The van der Waals surface area contributed by atoms with E-state index in [9.17, 15) is 4.79 Å². The molecule has 2 aromatic carbocycles. The highest BCUT2D eigenvalue weighted by Gasteiger charge is 2.29. The van der Waals surface area contributed by atoms with Crippen LogP contribution < -0.4 is 10.2 Å². The van der Waals surface area contributed by atoms with Gasteiger partial charge in [-0.25, -0.2) is 4.68 Å². The van der Waals surface area contributed by atoms with Gasteiger partial charge in [0.1, 0.15) is 5.52 Å². The lowest BCUT2D eigenvalue weighted by Gasteiger charge is -2.32. The third-order valence-electron chi connectivity index (χ3n) is 6.66. The van der Waals surface area contributed by atoms with Gasteiger partial charge in [-0.05, 0) is 51.3 Å². The van der Waals surface area contributed by atoms with Gasteiger partial charge in [-0.2, -0.15) is 10.2 Å². The zero-order chi connectivity index (χ0) is 23.7. The standard InChI is InChI=1S/C27H30N6O/c1-18-11-13-21(14-12-18)16-28-27(34)22-8-7-15-32(17-22)26-25-24(19(2)29-30-26)20(3)33(31-25)23-9-5-4-6-10-23/h4-6,9-14,22H,7-8,15-17H2,1-3H3,(H,28,34)/t22-/m0/s1. The number of nitrogens with zero attached hydrogens (tertiary/aromatic N) is 5. The molecule has 1 aliphatic heterocycles. The van der Waals surface area contributed by atoms with Crippen LogP contribution in [-0.4, -0.2) is 39.0 Å². The summed E-state index contributed by atoms with van der Waals surface area (Å²) in [4.78, 5) is 15.2. The number of fused-ring (bicyclic) bond motifs is 1. The summed E-state index contributed by atoms with van der Waals surface area (Å²) >= 11 is 0. The Morgan fingerprint density at radius 2 is 1.79 bits per heavy atom. The topological polar surface area (TPSA) is 75.9 Å². The number of anilines is 1. The van der Waals surface area contributed by atoms with Gasteiger partial charge in [0.25, 0.3) is 0 Å². The summed E-state index contributed by atoms with van der Waals surface area (Å²) in [6.45, 7) is 8.10. The number of nitrogens with one attached hydrogen (secondary N) is 1. The molecule has 7 heteroatoms. The van der Waals surface area contributed by atoms with Crippen LogP contribution in [0.25, 0.3) is 16.6 Å². The molecule has 2 aromatic heterocycles. The molecular formula is C27H30N6O. The first-order valence-corrected chi connectivity index (χ1v) is 11.9. The summed E-state index contributed by atoms with van der Waals surface area (Å²) in [7, 11) is 0. The van der Waals surface area contributed by atoms with Crippen molar-refractivity contribution in [3.8, 4) is 5.69 Å². The SMILES string of the molecule is Cc1ccc(CNC(=O)[C@H]2CCCN(c3nnc(C)c4c(C)n(-c5ccccc5)nc34)C2)cc1. The molecular weight excluding hydrogens is 424 g/mol. The lowest BCUT2D eigenvalue weighted by atomic mass is 9.97. The van der Waals surface area contributed by atoms with Crippen molar-refractivity contribution in [2.45, 2.75) is 40.2 Å².